The molecule has 0 aliphatic rings. The number of carbonyl (C=O) groups is 1. The minimum Gasteiger partial charge on any atom is -0.469 e. The molecule has 7 aromatic carbocycles. The van der Waals surface area contributed by atoms with Crippen LogP contribution in [0.4, 0.5) is 17.3 Å². The van der Waals surface area contributed by atoms with Crippen LogP contribution in [-0.2, 0) is 20.6 Å². The summed E-state index contributed by atoms with van der Waals surface area (Å²) in [5.74, 6) is 0.197. The number of aromatic nitrogens is 1. The topological polar surface area (TPSA) is 89.3 Å². The first kappa shape index (κ1) is 38.4. The van der Waals surface area contributed by atoms with Crippen molar-refractivity contribution in [1.29, 1.82) is 0 Å². The number of methoxy groups -OCH3 is 1. The number of ether oxygens (including phenoxy) is 1. The van der Waals surface area contributed by atoms with Gasteiger partial charge in [-0.3, -0.25) is 4.79 Å². The standard InChI is InChI=1S/C53H46N4O2/c1-59-49(58)38-46(39-23-9-2-10-24-39)47-37-48(56-52(40-25-11-3-12-26-40,41-27-13-4-14-28-41)42-29-15-5-16-30-42)55-51(50(47)54)57-53(43-31-17-6-18-32-43,44-33-19-7-20-34-44)45-35-21-8-22-36-45/h2-37,46H,38,54H2,1H3,(H2,55,56,57). The molecular weight excluding hydrogens is 725 g/mol. The minimum atomic E-state index is -0.944. The zero-order chi connectivity index (χ0) is 40.5. The Morgan fingerprint density at radius 2 is 0.847 bits per heavy atom. The van der Waals surface area contributed by atoms with Crippen LogP contribution in [0.5, 0.6) is 0 Å². The molecule has 1 aromatic heterocycles. The first-order valence-electron chi connectivity index (χ1n) is 19.8. The summed E-state index contributed by atoms with van der Waals surface area (Å²) in [7, 11) is 1.42. The summed E-state index contributed by atoms with van der Waals surface area (Å²) < 4.78 is 5.31. The van der Waals surface area contributed by atoms with Crippen molar-refractivity contribution in [3.05, 3.63) is 263 Å². The number of nitrogens with zero attached hydrogens (tertiary/aromatic N) is 1. The average Bonchev–Trinajstić information content (AvgIpc) is 3.32. The molecule has 59 heavy (non-hydrogen) atoms. The molecule has 0 fully saturated rings. The van der Waals surface area contributed by atoms with Gasteiger partial charge in [-0.2, -0.15) is 0 Å². The van der Waals surface area contributed by atoms with Gasteiger partial charge in [0.2, 0.25) is 0 Å². The predicted octanol–water partition coefficient (Wildman–Crippen LogP) is 11.2. The highest BCUT2D eigenvalue weighted by Crippen LogP contribution is 2.46. The highest BCUT2D eigenvalue weighted by molar-refractivity contribution is 5.78. The second kappa shape index (κ2) is 17.4. The van der Waals surface area contributed by atoms with Gasteiger partial charge in [0.15, 0.2) is 5.82 Å². The number of nitrogens with one attached hydrogen (secondary N) is 2. The van der Waals surface area contributed by atoms with Crippen LogP contribution >= 0.6 is 0 Å². The second-order valence-corrected chi connectivity index (χ2v) is 14.5. The third-order valence-corrected chi connectivity index (χ3v) is 11.1. The van der Waals surface area contributed by atoms with Gasteiger partial charge in [-0.1, -0.05) is 212 Å². The van der Waals surface area contributed by atoms with E-state index in [1.54, 1.807) is 0 Å². The van der Waals surface area contributed by atoms with Gasteiger partial charge >= 0.3 is 5.97 Å². The summed E-state index contributed by atoms with van der Waals surface area (Å²) in [5.41, 5.74) is 13.7. The lowest BCUT2D eigenvalue weighted by Crippen LogP contribution is -2.40. The summed E-state index contributed by atoms with van der Waals surface area (Å²) in [6, 6.07) is 74.4. The van der Waals surface area contributed by atoms with Crippen LogP contribution in [0.1, 0.15) is 56.8 Å². The molecule has 0 saturated carbocycles. The van der Waals surface area contributed by atoms with E-state index in [0.717, 1.165) is 44.5 Å². The first-order chi connectivity index (χ1) is 29.0. The Kier molecular flexibility index (Phi) is 11.3. The summed E-state index contributed by atoms with van der Waals surface area (Å²) in [6.07, 6.45) is 0.0655. The number of anilines is 3. The van der Waals surface area contributed by atoms with Crippen molar-refractivity contribution in [3.8, 4) is 0 Å². The number of nitrogens with two attached hydrogens (primary N) is 1. The zero-order valence-electron chi connectivity index (χ0n) is 32.9. The number of hydrogen-bond donors (Lipinski definition) is 3. The van der Waals surface area contributed by atoms with E-state index in [1.807, 2.05) is 109 Å². The molecule has 8 rings (SSSR count). The van der Waals surface area contributed by atoms with E-state index >= 15 is 0 Å². The van der Waals surface area contributed by atoms with Gasteiger partial charge in [0, 0.05) is 5.92 Å². The normalized spacial score (nSPS) is 11.9. The van der Waals surface area contributed by atoms with Gasteiger partial charge in [-0.05, 0) is 50.6 Å². The fourth-order valence-electron chi connectivity index (χ4n) is 8.30. The smallest absolute Gasteiger partial charge is 0.306 e. The number of carbonyl (C=O) groups excluding carboxylic acids is 1. The molecule has 1 atom stereocenters. The number of rotatable bonds is 14. The molecule has 1 unspecified atom stereocenters. The Morgan fingerprint density at radius 3 is 1.19 bits per heavy atom. The summed E-state index contributed by atoms with van der Waals surface area (Å²) >= 11 is 0. The van der Waals surface area contributed by atoms with Gasteiger partial charge < -0.3 is 21.1 Å². The van der Waals surface area contributed by atoms with E-state index in [2.05, 4.69) is 120 Å². The zero-order valence-corrected chi connectivity index (χ0v) is 32.9. The van der Waals surface area contributed by atoms with Crippen molar-refractivity contribution in [3.63, 3.8) is 0 Å². The van der Waals surface area contributed by atoms with E-state index in [0.29, 0.717) is 17.3 Å². The maximum Gasteiger partial charge on any atom is 0.306 e. The van der Waals surface area contributed by atoms with Crippen LogP contribution in [0, 0.1) is 0 Å². The van der Waals surface area contributed by atoms with Crippen LogP contribution in [0.25, 0.3) is 0 Å². The summed E-state index contributed by atoms with van der Waals surface area (Å²) in [6.45, 7) is 0. The molecule has 0 bridgehead atoms. The fraction of sp³-hybridized carbons (Fsp3) is 0.0943. The number of nitrogen functional groups attached to an aromatic ring is 1. The molecule has 4 N–H and O–H groups in total. The maximum absolute atomic E-state index is 13.3. The van der Waals surface area contributed by atoms with Crippen LogP contribution in [0.15, 0.2) is 218 Å². The molecule has 0 spiro atoms. The lowest BCUT2D eigenvalue weighted by molar-refractivity contribution is -0.140. The highest BCUT2D eigenvalue weighted by Gasteiger charge is 2.40. The second-order valence-electron chi connectivity index (χ2n) is 14.5. The SMILES string of the molecule is COC(=O)CC(c1ccccc1)c1cc(NC(c2ccccc2)(c2ccccc2)c2ccccc2)nc(NC(c2ccccc2)(c2ccccc2)c2ccccc2)c1N. The number of pyridine rings is 1. The monoisotopic (exact) mass is 770 g/mol. The van der Waals surface area contributed by atoms with Crippen molar-refractivity contribution in [2.75, 3.05) is 23.5 Å². The van der Waals surface area contributed by atoms with Gasteiger partial charge in [0.25, 0.3) is 0 Å². The molecule has 6 nitrogen and oxygen atoms in total. The van der Waals surface area contributed by atoms with Crippen LogP contribution in [0.3, 0.4) is 0 Å². The van der Waals surface area contributed by atoms with Gasteiger partial charge in [0.1, 0.15) is 16.9 Å². The van der Waals surface area contributed by atoms with Crippen molar-refractivity contribution in [2.24, 2.45) is 0 Å². The van der Waals surface area contributed by atoms with Crippen molar-refractivity contribution in [1.82, 2.24) is 4.98 Å². The van der Waals surface area contributed by atoms with E-state index in [9.17, 15) is 4.79 Å². The lowest BCUT2D eigenvalue weighted by atomic mass is 9.76. The molecule has 1 heterocycles. The van der Waals surface area contributed by atoms with E-state index < -0.39 is 17.0 Å². The molecule has 8 aromatic rings. The van der Waals surface area contributed by atoms with Crippen LogP contribution in [-0.4, -0.2) is 18.1 Å². The van der Waals surface area contributed by atoms with Crippen LogP contribution in [0.2, 0.25) is 0 Å². The molecule has 290 valence electrons. The molecular formula is C53H46N4O2. The molecule has 0 aliphatic carbocycles. The van der Waals surface area contributed by atoms with Gasteiger partial charge in [0.05, 0.1) is 19.2 Å². The fourth-order valence-corrected chi connectivity index (χ4v) is 8.30. The predicted molar refractivity (Wildman–Crippen MR) is 239 cm³/mol. The number of hydrogen-bond acceptors (Lipinski definition) is 6. The van der Waals surface area contributed by atoms with Gasteiger partial charge in [-0.15, -0.1) is 0 Å². The average molecular weight is 771 g/mol. The first-order valence-corrected chi connectivity index (χ1v) is 19.8. The number of esters is 1. The Balaban J connectivity index is 1.43. The van der Waals surface area contributed by atoms with Crippen LogP contribution < -0.4 is 16.4 Å². The minimum absolute atomic E-state index is 0.0655. The quantitative estimate of drug-likeness (QED) is 0.0754. The summed E-state index contributed by atoms with van der Waals surface area (Å²) in [5, 5.41) is 7.98. The third kappa shape index (κ3) is 7.68. The lowest BCUT2D eigenvalue weighted by Gasteiger charge is -2.39. The number of benzene rings is 7. The van der Waals surface area contributed by atoms with E-state index in [-0.39, 0.29) is 12.4 Å². The van der Waals surface area contributed by atoms with Crippen molar-refractivity contribution in [2.45, 2.75) is 23.4 Å². The molecule has 0 saturated heterocycles. The van der Waals surface area contributed by atoms with E-state index in [4.69, 9.17) is 15.5 Å². The van der Waals surface area contributed by atoms with Gasteiger partial charge in [-0.25, -0.2) is 4.98 Å². The largest absolute Gasteiger partial charge is 0.469 e. The Hall–Kier alpha value is -7.44. The Labute approximate surface area is 346 Å². The Bertz CT molecular complexity index is 2380. The molecule has 6 heteroatoms. The van der Waals surface area contributed by atoms with E-state index in [1.165, 1.54) is 7.11 Å². The summed E-state index contributed by atoms with van der Waals surface area (Å²) in [4.78, 5) is 18.8. The Morgan fingerprint density at radius 1 is 0.525 bits per heavy atom. The highest BCUT2D eigenvalue weighted by atomic mass is 16.5. The molecule has 0 aliphatic heterocycles. The molecule has 0 amide bonds. The van der Waals surface area contributed by atoms with Crippen molar-refractivity contribution >= 4 is 23.3 Å². The van der Waals surface area contributed by atoms with Crippen molar-refractivity contribution < 1.29 is 9.53 Å². The maximum atomic E-state index is 13.3. The molecule has 0 radical (unpaired) electrons. The third-order valence-electron chi connectivity index (χ3n) is 11.1.